The summed E-state index contributed by atoms with van der Waals surface area (Å²) in [6, 6.07) is 9.58. The third kappa shape index (κ3) is 4.65. The normalized spacial score (nSPS) is 21.4. The lowest BCUT2D eigenvalue weighted by molar-refractivity contribution is -0.155. The summed E-state index contributed by atoms with van der Waals surface area (Å²) in [5.41, 5.74) is -0.150. The number of rotatable bonds is 5. The number of nitrogens with zero attached hydrogens (tertiary/aromatic N) is 1. The third-order valence-corrected chi connectivity index (χ3v) is 6.29. The molecule has 2 amide bonds. The topological polar surface area (TPSA) is 108 Å². The molecule has 0 unspecified atom stereocenters. The Bertz CT molecular complexity index is 814. The molecule has 1 aromatic carbocycles. The summed E-state index contributed by atoms with van der Waals surface area (Å²) in [6.45, 7) is 1.48. The number of benzene rings is 1. The molecule has 0 saturated heterocycles. The van der Waals surface area contributed by atoms with Gasteiger partial charge in [-0.25, -0.2) is 0 Å². The van der Waals surface area contributed by atoms with Crippen LogP contribution in [0.15, 0.2) is 29.2 Å². The van der Waals surface area contributed by atoms with Crippen molar-refractivity contribution >= 4 is 35.2 Å². The molecule has 1 heterocycles. The number of carbonyl (C=O) groups excluding carboxylic acids is 3. The molecule has 1 fully saturated rings. The van der Waals surface area contributed by atoms with Gasteiger partial charge < -0.3 is 15.4 Å². The highest BCUT2D eigenvalue weighted by Gasteiger charge is 2.36. The van der Waals surface area contributed by atoms with Crippen molar-refractivity contribution in [2.45, 2.75) is 67.2 Å². The van der Waals surface area contributed by atoms with E-state index >= 15 is 0 Å². The van der Waals surface area contributed by atoms with Crippen molar-refractivity contribution in [1.29, 1.82) is 5.26 Å². The monoisotopic (exact) mass is 401 g/mol. The first-order chi connectivity index (χ1) is 13.4. The van der Waals surface area contributed by atoms with Gasteiger partial charge in [-0.2, -0.15) is 5.26 Å². The van der Waals surface area contributed by atoms with Gasteiger partial charge in [0.05, 0.1) is 23.4 Å². The number of hydrogen-bond acceptors (Lipinski definition) is 6. The number of amides is 2. The molecule has 0 spiro atoms. The van der Waals surface area contributed by atoms with E-state index in [1.54, 1.807) is 6.07 Å². The number of hydrogen-bond donors (Lipinski definition) is 2. The van der Waals surface area contributed by atoms with Crippen LogP contribution in [0.1, 0.15) is 45.4 Å². The quantitative estimate of drug-likeness (QED) is 0.735. The molecule has 1 aromatic rings. The van der Waals surface area contributed by atoms with E-state index in [4.69, 9.17) is 4.74 Å². The number of thioether (sulfide) groups is 1. The number of anilines is 1. The minimum atomic E-state index is -1.02. The van der Waals surface area contributed by atoms with E-state index in [-0.39, 0.29) is 12.3 Å². The number of nitrogens with one attached hydrogen (secondary N) is 2. The van der Waals surface area contributed by atoms with E-state index in [0.29, 0.717) is 12.8 Å². The average Bonchev–Trinajstić information content (AvgIpc) is 2.69. The number of nitriles is 1. The fourth-order valence-electron chi connectivity index (χ4n) is 3.43. The van der Waals surface area contributed by atoms with Crippen molar-refractivity contribution in [3.05, 3.63) is 24.3 Å². The molecule has 1 saturated carbocycles. The number of ether oxygens (including phenoxy) is 1. The maximum Gasteiger partial charge on any atom is 0.308 e. The van der Waals surface area contributed by atoms with E-state index in [1.807, 2.05) is 18.2 Å². The fraction of sp³-hybridized carbons (Fsp3) is 0.500. The van der Waals surface area contributed by atoms with E-state index < -0.39 is 28.8 Å². The van der Waals surface area contributed by atoms with Gasteiger partial charge in [0.15, 0.2) is 6.10 Å². The molecule has 148 valence electrons. The molecule has 2 N–H and O–H groups in total. The first-order valence-corrected chi connectivity index (χ1v) is 10.3. The molecule has 1 aliphatic heterocycles. The summed E-state index contributed by atoms with van der Waals surface area (Å²) in [5.74, 6) is -1.37. The predicted octanol–water partition coefficient (Wildman–Crippen LogP) is 2.76. The Kier molecular flexibility index (Phi) is 6.25. The Morgan fingerprint density at radius 3 is 2.79 bits per heavy atom. The van der Waals surface area contributed by atoms with Gasteiger partial charge >= 0.3 is 5.97 Å². The molecule has 2 aliphatic rings. The number of fused-ring (bicyclic) bond motifs is 1. The molecule has 28 heavy (non-hydrogen) atoms. The standard InChI is InChI=1S/C20H23N3O4S/c1-13(18(25)23-20(12-21)9-5-2-6-10-20)27-17(24)11-16-19(26)22-14-7-3-4-8-15(14)28-16/h3-4,7-8,13,16H,2,5-6,9-11H2,1H3,(H,22,26)(H,23,25)/t13-,16-/m1/s1. The van der Waals surface area contributed by atoms with Crippen LogP contribution in [-0.4, -0.2) is 34.7 Å². The van der Waals surface area contributed by atoms with Crippen molar-refractivity contribution < 1.29 is 19.1 Å². The molecule has 0 bridgehead atoms. The molecule has 3 rings (SSSR count). The van der Waals surface area contributed by atoms with Crippen LogP contribution in [0.2, 0.25) is 0 Å². The molecule has 2 atom stereocenters. The SMILES string of the molecule is C[C@@H](OC(=O)C[C@H]1Sc2ccccc2NC1=O)C(=O)NC1(C#N)CCCCC1. The summed E-state index contributed by atoms with van der Waals surface area (Å²) in [4.78, 5) is 37.8. The Labute approximate surface area is 168 Å². The molecule has 7 nitrogen and oxygen atoms in total. The van der Waals surface area contributed by atoms with Crippen molar-refractivity contribution in [2.75, 3.05) is 5.32 Å². The summed E-state index contributed by atoms with van der Waals surface area (Å²) in [7, 11) is 0. The fourth-order valence-corrected chi connectivity index (χ4v) is 4.53. The van der Waals surface area contributed by atoms with Gasteiger partial charge in [0.1, 0.15) is 5.54 Å². The summed E-state index contributed by atoms with van der Waals surface area (Å²) in [5, 5.41) is 14.4. The van der Waals surface area contributed by atoms with E-state index in [0.717, 1.165) is 29.8 Å². The van der Waals surface area contributed by atoms with Crippen LogP contribution in [0.5, 0.6) is 0 Å². The first-order valence-electron chi connectivity index (χ1n) is 9.42. The van der Waals surface area contributed by atoms with Crippen LogP contribution >= 0.6 is 11.8 Å². The number of carbonyl (C=O) groups is 3. The Morgan fingerprint density at radius 2 is 2.07 bits per heavy atom. The van der Waals surface area contributed by atoms with Crippen LogP contribution in [0.3, 0.4) is 0 Å². The average molecular weight is 401 g/mol. The zero-order valence-corrected chi connectivity index (χ0v) is 16.5. The molecule has 0 radical (unpaired) electrons. The maximum atomic E-state index is 12.4. The maximum absolute atomic E-state index is 12.4. The number of esters is 1. The lowest BCUT2D eigenvalue weighted by Crippen LogP contribution is -2.52. The van der Waals surface area contributed by atoms with Gasteiger partial charge in [-0.15, -0.1) is 11.8 Å². The highest BCUT2D eigenvalue weighted by molar-refractivity contribution is 8.01. The number of para-hydroxylation sites is 1. The van der Waals surface area contributed by atoms with Crippen molar-refractivity contribution in [1.82, 2.24) is 5.32 Å². The second-order valence-corrected chi connectivity index (χ2v) is 8.42. The van der Waals surface area contributed by atoms with Crippen LogP contribution in [0.25, 0.3) is 0 Å². The summed E-state index contributed by atoms with van der Waals surface area (Å²) < 4.78 is 5.23. The van der Waals surface area contributed by atoms with Gasteiger partial charge in [-0.05, 0) is 31.9 Å². The molecule has 0 aromatic heterocycles. The van der Waals surface area contributed by atoms with Gasteiger partial charge in [-0.1, -0.05) is 31.4 Å². The molecule has 1 aliphatic carbocycles. The third-order valence-electron chi connectivity index (χ3n) is 5.02. The highest BCUT2D eigenvalue weighted by atomic mass is 32.2. The second kappa shape index (κ2) is 8.65. The van der Waals surface area contributed by atoms with Crippen LogP contribution in [-0.2, 0) is 19.1 Å². The van der Waals surface area contributed by atoms with Crippen molar-refractivity contribution in [3.63, 3.8) is 0 Å². The minimum Gasteiger partial charge on any atom is -0.453 e. The lowest BCUT2D eigenvalue weighted by Gasteiger charge is -2.32. The van der Waals surface area contributed by atoms with Crippen molar-refractivity contribution in [3.8, 4) is 6.07 Å². The van der Waals surface area contributed by atoms with Crippen LogP contribution < -0.4 is 10.6 Å². The van der Waals surface area contributed by atoms with Crippen molar-refractivity contribution in [2.24, 2.45) is 0 Å². The Balaban J connectivity index is 1.53. The lowest BCUT2D eigenvalue weighted by atomic mass is 9.83. The van der Waals surface area contributed by atoms with Crippen LogP contribution in [0, 0.1) is 11.3 Å². The second-order valence-electron chi connectivity index (χ2n) is 7.17. The minimum absolute atomic E-state index is 0.133. The molecular weight excluding hydrogens is 378 g/mol. The summed E-state index contributed by atoms with van der Waals surface area (Å²) >= 11 is 1.30. The van der Waals surface area contributed by atoms with Gasteiger partial charge in [0.25, 0.3) is 5.91 Å². The zero-order valence-electron chi connectivity index (χ0n) is 15.7. The van der Waals surface area contributed by atoms with E-state index in [2.05, 4.69) is 16.7 Å². The Morgan fingerprint density at radius 1 is 1.36 bits per heavy atom. The Hall–Kier alpha value is -2.53. The van der Waals surface area contributed by atoms with E-state index in [9.17, 15) is 19.6 Å². The largest absolute Gasteiger partial charge is 0.453 e. The predicted molar refractivity (Wildman–Crippen MR) is 104 cm³/mol. The summed E-state index contributed by atoms with van der Waals surface area (Å²) in [6.07, 6.45) is 2.88. The van der Waals surface area contributed by atoms with Gasteiger partial charge in [0.2, 0.25) is 5.91 Å². The van der Waals surface area contributed by atoms with Gasteiger partial charge in [0, 0.05) is 4.90 Å². The molecule has 8 heteroatoms. The smallest absolute Gasteiger partial charge is 0.308 e. The highest BCUT2D eigenvalue weighted by Crippen LogP contribution is 2.36. The zero-order chi connectivity index (χ0) is 20.1. The van der Waals surface area contributed by atoms with E-state index in [1.165, 1.54) is 18.7 Å². The first kappa shape index (κ1) is 20.2. The van der Waals surface area contributed by atoms with Gasteiger partial charge in [-0.3, -0.25) is 14.4 Å². The van der Waals surface area contributed by atoms with Crippen LogP contribution in [0.4, 0.5) is 5.69 Å². The molecular formula is C20H23N3O4S.